The number of hydrogen-bond donors (Lipinski definition) is 0. The van der Waals surface area contributed by atoms with Crippen LogP contribution >= 0.6 is 0 Å². The van der Waals surface area contributed by atoms with Gasteiger partial charge in [0.25, 0.3) is 0 Å². The van der Waals surface area contributed by atoms with E-state index < -0.39 is 48.8 Å². The summed E-state index contributed by atoms with van der Waals surface area (Å²) in [4.78, 5) is 0. The van der Waals surface area contributed by atoms with Crippen LogP contribution in [-0.4, -0.2) is 41.9 Å². The summed E-state index contributed by atoms with van der Waals surface area (Å²) in [6.07, 6.45) is -10.7. The van der Waals surface area contributed by atoms with Gasteiger partial charge in [-0.05, 0) is 6.92 Å². The zero-order chi connectivity index (χ0) is 19.3. The third kappa shape index (κ3) is 2.71. The van der Waals surface area contributed by atoms with Crippen LogP contribution in [0, 0.1) is 7.11 Å². The minimum Gasteiger partial charge on any atom is -0.313 e. The first-order chi connectivity index (χ1) is 9.75. The number of alkyl halides is 13. The lowest BCUT2D eigenvalue weighted by Crippen LogP contribution is -2.71. The Morgan fingerprint density at radius 3 is 1.22 bits per heavy atom. The molecule has 14 heteroatoms. The number of halogens is 13. The van der Waals surface area contributed by atoms with Gasteiger partial charge in [-0.25, -0.2) is 4.39 Å². The summed E-state index contributed by atoms with van der Waals surface area (Å²) in [6.45, 7) is -0.464. The summed E-state index contributed by atoms with van der Waals surface area (Å²) in [5.41, 5.74) is 0. The predicted octanol–water partition coefficient (Wildman–Crippen LogP) is 4.92. The van der Waals surface area contributed by atoms with Crippen molar-refractivity contribution in [2.45, 2.75) is 48.8 Å². The first-order valence-corrected chi connectivity index (χ1v) is 5.09. The first-order valence-electron chi connectivity index (χ1n) is 5.09. The molecule has 0 heterocycles. The van der Waals surface area contributed by atoms with Gasteiger partial charge in [-0.3, -0.25) is 0 Å². The highest BCUT2D eigenvalue weighted by Gasteiger charge is 2.91. The Kier molecular flexibility index (Phi) is 5.32. The molecule has 0 aromatic heterocycles. The largest absolute Gasteiger partial charge is 0.426 e. The molecule has 0 aromatic rings. The number of ether oxygens (including phenoxy) is 1. The van der Waals surface area contributed by atoms with Crippen molar-refractivity contribution in [3.05, 3.63) is 7.11 Å². The second-order valence-electron chi connectivity index (χ2n) is 4.20. The van der Waals surface area contributed by atoms with Gasteiger partial charge in [0.2, 0.25) is 0 Å². The topological polar surface area (TPSA) is 9.23 Å². The molecule has 0 spiro atoms. The zero-order valence-corrected chi connectivity index (χ0v) is 10.6. The van der Waals surface area contributed by atoms with Crippen LogP contribution in [0.15, 0.2) is 0 Å². The van der Waals surface area contributed by atoms with E-state index in [2.05, 4.69) is 4.74 Å². The van der Waals surface area contributed by atoms with Gasteiger partial charge in [-0.2, -0.15) is 52.7 Å². The van der Waals surface area contributed by atoms with Gasteiger partial charge in [0.1, 0.15) is 0 Å². The van der Waals surface area contributed by atoms with Crippen molar-refractivity contribution >= 4 is 0 Å². The van der Waals surface area contributed by atoms with Crippen LogP contribution in [0.2, 0.25) is 0 Å². The molecule has 0 aliphatic rings. The Labute approximate surface area is 119 Å². The smallest absolute Gasteiger partial charge is 0.313 e. The normalized spacial score (nSPS) is 17.3. The fourth-order valence-corrected chi connectivity index (χ4v) is 1.13. The Morgan fingerprint density at radius 2 is 0.957 bits per heavy atom. The van der Waals surface area contributed by atoms with E-state index in [0.717, 1.165) is 0 Å². The molecular weight excluding hydrogens is 371 g/mol. The average Bonchev–Trinajstić information content (AvgIpc) is 2.37. The van der Waals surface area contributed by atoms with E-state index in [4.69, 9.17) is 0 Å². The minimum absolute atomic E-state index is 0.464. The van der Waals surface area contributed by atoms with Gasteiger partial charge in [0.15, 0.2) is 6.17 Å². The van der Waals surface area contributed by atoms with E-state index in [1.54, 1.807) is 7.11 Å². The van der Waals surface area contributed by atoms with E-state index in [0.29, 0.717) is 0 Å². The maximum atomic E-state index is 13.0. The molecule has 23 heavy (non-hydrogen) atoms. The van der Waals surface area contributed by atoms with E-state index in [-0.39, 0.29) is 0 Å². The third-order valence-electron chi connectivity index (χ3n) is 2.65. The van der Waals surface area contributed by atoms with Crippen LogP contribution in [-0.2, 0) is 4.74 Å². The van der Waals surface area contributed by atoms with Crippen molar-refractivity contribution in [2.24, 2.45) is 0 Å². The lowest BCUT2D eigenvalue weighted by atomic mass is 9.92. The molecule has 1 radical (unpaired) electrons. The monoisotopic (exact) mass is 377 g/mol. The Hall–Kier alpha value is -0.950. The van der Waals surface area contributed by atoms with Gasteiger partial charge in [-0.15, -0.1) is 0 Å². The van der Waals surface area contributed by atoms with Crippen molar-refractivity contribution in [1.29, 1.82) is 0 Å². The molecule has 0 bridgehead atoms. The van der Waals surface area contributed by atoms with Crippen LogP contribution in [0.1, 0.15) is 6.92 Å². The van der Waals surface area contributed by atoms with Crippen molar-refractivity contribution in [1.82, 2.24) is 0 Å². The SMILES string of the molecule is [CH2]OC(F)(F)C(F)(F)C(F)(F)C(F)(F)C(F)(F)C(F)(F)C(C)F. The molecular formula is C9H6F13O. The van der Waals surface area contributed by atoms with E-state index in [9.17, 15) is 57.1 Å². The van der Waals surface area contributed by atoms with Gasteiger partial charge in [0, 0.05) is 0 Å². The fraction of sp³-hybridized carbons (Fsp3) is 0.889. The second-order valence-corrected chi connectivity index (χ2v) is 4.20. The van der Waals surface area contributed by atoms with Crippen LogP contribution < -0.4 is 0 Å². The molecule has 0 aromatic carbocycles. The summed E-state index contributed by atoms with van der Waals surface area (Å²) >= 11 is 0. The maximum absolute atomic E-state index is 13.0. The Bertz CT molecular complexity index is 427. The molecule has 139 valence electrons. The van der Waals surface area contributed by atoms with E-state index >= 15 is 0 Å². The highest BCUT2D eigenvalue weighted by atomic mass is 19.4. The molecule has 1 nitrogen and oxygen atoms in total. The zero-order valence-electron chi connectivity index (χ0n) is 10.6. The highest BCUT2D eigenvalue weighted by molar-refractivity contribution is 5.11. The second kappa shape index (κ2) is 5.55. The van der Waals surface area contributed by atoms with E-state index in [1.807, 2.05) is 0 Å². The molecule has 0 saturated heterocycles. The molecule has 0 fully saturated rings. The third-order valence-corrected chi connectivity index (χ3v) is 2.65. The average molecular weight is 377 g/mol. The lowest BCUT2D eigenvalue weighted by molar-refractivity contribution is -0.454. The molecule has 1 atom stereocenters. The molecule has 0 aliphatic heterocycles. The standard InChI is InChI=1S/C9H6F13O/c1-3(10)4(11,12)5(13,14)6(15,16)7(17,18)8(19,20)9(21,22)23-2/h3H,2H2,1H3. The van der Waals surface area contributed by atoms with Gasteiger partial charge >= 0.3 is 35.7 Å². The minimum atomic E-state index is -7.80. The molecule has 0 aliphatic carbocycles. The van der Waals surface area contributed by atoms with Gasteiger partial charge < -0.3 is 4.74 Å². The maximum Gasteiger partial charge on any atom is 0.426 e. The van der Waals surface area contributed by atoms with Crippen molar-refractivity contribution in [3.8, 4) is 0 Å². The van der Waals surface area contributed by atoms with Crippen molar-refractivity contribution < 1.29 is 61.8 Å². The van der Waals surface area contributed by atoms with E-state index in [1.165, 1.54) is 0 Å². The molecule has 0 rings (SSSR count). The van der Waals surface area contributed by atoms with Crippen LogP contribution in [0.4, 0.5) is 57.1 Å². The Morgan fingerprint density at radius 1 is 0.652 bits per heavy atom. The summed E-state index contributed by atoms with van der Waals surface area (Å²) in [5.74, 6) is -37.0. The van der Waals surface area contributed by atoms with Crippen LogP contribution in [0.25, 0.3) is 0 Å². The van der Waals surface area contributed by atoms with Gasteiger partial charge in [-0.1, -0.05) is 0 Å². The van der Waals surface area contributed by atoms with Crippen LogP contribution in [0.5, 0.6) is 0 Å². The van der Waals surface area contributed by atoms with Gasteiger partial charge in [0.05, 0.1) is 7.11 Å². The molecule has 0 amide bonds. The van der Waals surface area contributed by atoms with Crippen LogP contribution in [0.3, 0.4) is 0 Å². The summed E-state index contributed by atoms with van der Waals surface area (Å²) in [6, 6.07) is 0. The Balaban J connectivity index is 6.29. The summed E-state index contributed by atoms with van der Waals surface area (Å²) in [7, 11) is 1.55. The quantitative estimate of drug-likeness (QED) is 0.573. The fourth-order valence-electron chi connectivity index (χ4n) is 1.13. The van der Waals surface area contributed by atoms with Crippen molar-refractivity contribution in [2.75, 3.05) is 0 Å². The first kappa shape index (κ1) is 22.1. The van der Waals surface area contributed by atoms with Crippen molar-refractivity contribution in [3.63, 3.8) is 0 Å². The highest BCUT2D eigenvalue weighted by Crippen LogP contribution is 2.60. The molecule has 1 unspecified atom stereocenters. The number of hydrogen-bond acceptors (Lipinski definition) is 1. The summed E-state index contributed by atoms with van der Waals surface area (Å²) in [5, 5.41) is 0. The lowest BCUT2D eigenvalue weighted by Gasteiger charge is -2.40. The molecule has 0 saturated carbocycles. The number of rotatable bonds is 7. The summed E-state index contributed by atoms with van der Waals surface area (Å²) < 4.78 is 168. The molecule has 0 N–H and O–H groups in total. The predicted molar refractivity (Wildman–Crippen MR) is 46.7 cm³/mol.